The van der Waals surface area contributed by atoms with Crippen molar-refractivity contribution in [3.63, 3.8) is 0 Å². The van der Waals surface area contributed by atoms with Crippen LogP contribution < -0.4 is 10.2 Å². The van der Waals surface area contributed by atoms with Crippen molar-refractivity contribution in [3.05, 3.63) is 66.4 Å². The molecule has 0 bridgehead atoms. The molecule has 1 atom stereocenters. The van der Waals surface area contributed by atoms with Gasteiger partial charge in [-0.15, -0.1) is 0 Å². The van der Waals surface area contributed by atoms with E-state index >= 15 is 0 Å². The van der Waals surface area contributed by atoms with Crippen molar-refractivity contribution in [3.8, 4) is 11.5 Å². The summed E-state index contributed by atoms with van der Waals surface area (Å²) >= 11 is 9.63. The standard InChI is InChI=1S/C25H25BrClNO6/c1-12(2)33-7-5-6-28-21(14-9-16(26)23(30)19(10-14)32-4)20-22(29)15-11-17(27)13(3)8-18(15)34-24(20)25(28)31/h8-12,21,30H,5-7H2,1-4H3. The molecule has 9 heteroatoms. The third-order valence-electron chi connectivity index (χ3n) is 5.83. The van der Waals surface area contributed by atoms with Crippen LogP contribution in [-0.4, -0.2) is 42.3 Å². The van der Waals surface area contributed by atoms with Gasteiger partial charge in [0, 0.05) is 18.2 Å². The van der Waals surface area contributed by atoms with Crippen molar-refractivity contribution < 1.29 is 23.8 Å². The van der Waals surface area contributed by atoms with Crippen molar-refractivity contribution in [2.45, 2.75) is 39.3 Å². The number of halogens is 2. The van der Waals surface area contributed by atoms with Crippen LogP contribution in [0.4, 0.5) is 0 Å². The summed E-state index contributed by atoms with van der Waals surface area (Å²) in [4.78, 5) is 28.8. The highest BCUT2D eigenvalue weighted by Crippen LogP contribution is 2.43. The highest BCUT2D eigenvalue weighted by Gasteiger charge is 2.43. The van der Waals surface area contributed by atoms with Gasteiger partial charge in [-0.3, -0.25) is 9.59 Å². The van der Waals surface area contributed by atoms with Gasteiger partial charge in [-0.05, 0) is 78.5 Å². The number of aromatic hydroxyl groups is 1. The minimum absolute atomic E-state index is 0.0113. The molecule has 1 N–H and O–H groups in total. The van der Waals surface area contributed by atoms with Crippen LogP contribution in [0.15, 0.2) is 37.9 Å². The molecule has 0 aliphatic carbocycles. The largest absolute Gasteiger partial charge is 0.503 e. The number of phenolic OH excluding ortho intramolecular Hbond substituents is 1. The second-order valence-corrected chi connectivity index (χ2v) is 9.76. The Hall–Kier alpha value is -2.55. The van der Waals surface area contributed by atoms with Gasteiger partial charge in [0.1, 0.15) is 5.58 Å². The zero-order valence-corrected chi connectivity index (χ0v) is 21.6. The number of rotatable bonds is 7. The normalized spacial score (nSPS) is 15.4. The van der Waals surface area contributed by atoms with E-state index in [0.717, 1.165) is 5.56 Å². The number of hydrogen-bond donors (Lipinski definition) is 1. The summed E-state index contributed by atoms with van der Waals surface area (Å²) in [7, 11) is 1.44. The SMILES string of the molecule is COc1cc(C2c3c(oc4cc(C)c(Cl)cc4c3=O)C(=O)N2CCCOC(C)C)cc(Br)c1O. The Morgan fingerprint density at radius 1 is 1.24 bits per heavy atom. The lowest BCUT2D eigenvalue weighted by Crippen LogP contribution is -2.31. The van der Waals surface area contributed by atoms with Gasteiger partial charge in [0.05, 0.1) is 34.7 Å². The third-order valence-corrected chi connectivity index (χ3v) is 6.84. The lowest BCUT2D eigenvalue weighted by atomic mass is 9.97. The number of carbonyl (C=O) groups is 1. The maximum Gasteiger partial charge on any atom is 0.290 e. The van der Waals surface area contributed by atoms with Gasteiger partial charge in [-0.2, -0.15) is 0 Å². The minimum atomic E-state index is -0.729. The summed E-state index contributed by atoms with van der Waals surface area (Å²) in [5.41, 5.74) is 1.58. The maximum atomic E-state index is 13.7. The van der Waals surface area contributed by atoms with Crippen LogP contribution in [0.3, 0.4) is 0 Å². The van der Waals surface area contributed by atoms with E-state index in [1.54, 1.807) is 36.1 Å². The average molecular weight is 551 g/mol. The number of aryl methyl sites for hydroxylation is 1. The van der Waals surface area contributed by atoms with Gasteiger partial charge in [0.15, 0.2) is 16.9 Å². The Kier molecular flexibility index (Phi) is 6.94. The molecule has 7 nitrogen and oxygen atoms in total. The molecule has 1 aliphatic rings. The molecule has 2 aromatic carbocycles. The number of carbonyl (C=O) groups excluding carboxylic acids is 1. The molecule has 34 heavy (non-hydrogen) atoms. The van der Waals surface area contributed by atoms with Crippen molar-refractivity contribution in [1.82, 2.24) is 4.90 Å². The van der Waals surface area contributed by atoms with E-state index in [1.165, 1.54) is 7.11 Å². The summed E-state index contributed by atoms with van der Waals surface area (Å²) in [5.74, 6) is -0.214. The first-order valence-corrected chi connectivity index (χ1v) is 12.1. The van der Waals surface area contributed by atoms with Gasteiger partial charge < -0.3 is 23.9 Å². The third kappa shape index (κ3) is 4.30. The number of methoxy groups -OCH3 is 1. The Labute approximate surface area is 210 Å². The van der Waals surface area contributed by atoms with E-state index in [9.17, 15) is 14.7 Å². The Balaban J connectivity index is 1.90. The number of amides is 1. The van der Waals surface area contributed by atoms with E-state index in [-0.39, 0.29) is 40.3 Å². The molecular formula is C25H25BrClNO6. The fourth-order valence-electron chi connectivity index (χ4n) is 4.18. The molecular weight excluding hydrogens is 526 g/mol. The van der Waals surface area contributed by atoms with Crippen molar-refractivity contribution >= 4 is 44.4 Å². The first-order valence-electron chi connectivity index (χ1n) is 10.9. The lowest BCUT2D eigenvalue weighted by molar-refractivity contribution is 0.0593. The smallest absolute Gasteiger partial charge is 0.290 e. The first-order chi connectivity index (χ1) is 16.1. The van der Waals surface area contributed by atoms with Crippen LogP contribution in [-0.2, 0) is 4.74 Å². The van der Waals surface area contributed by atoms with Gasteiger partial charge in [0.2, 0.25) is 5.76 Å². The fraction of sp³-hybridized carbons (Fsp3) is 0.360. The zero-order valence-electron chi connectivity index (χ0n) is 19.3. The molecule has 1 aromatic heterocycles. The van der Waals surface area contributed by atoms with E-state index in [4.69, 9.17) is 25.5 Å². The number of nitrogens with zero attached hydrogens (tertiary/aromatic N) is 1. The molecule has 3 aromatic rings. The molecule has 1 aliphatic heterocycles. The Morgan fingerprint density at radius 2 is 1.97 bits per heavy atom. The number of fused-ring (bicyclic) bond motifs is 2. The molecule has 0 radical (unpaired) electrons. The Bertz CT molecular complexity index is 1340. The highest BCUT2D eigenvalue weighted by molar-refractivity contribution is 9.10. The molecule has 0 spiro atoms. The van der Waals surface area contributed by atoms with E-state index < -0.39 is 6.04 Å². The second-order valence-electron chi connectivity index (χ2n) is 8.50. The molecule has 0 fully saturated rings. The van der Waals surface area contributed by atoms with Crippen LogP contribution in [0.5, 0.6) is 11.5 Å². The highest BCUT2D eigenvalue weighted by atomic mass is 79.9. The molecule has 0 saturated carbocycles. The fourth-order valence-corrected chi connectivity index (χ4v) is 4.80. The van der Waals surface area contributed by atoms with Gasteiger partial charge in [-0.25, -0.2) is 0 Å². The maximum absolute atomic E-state index is 13.7. The van der Waals surface area contributed by atoms with Crippen LogP contribution in [0.25, 0.3) is 11.0 Å². The number of hydrogen-bond acceptors (Lipinski definition) is 6. The van der Waals surface area contributed by atoms with Crippen molar-refractivity contribution in [1.29, 1.82) is 0 Å². The average Bonchev–Trinajstić information content (AvgIpc) is 3.06. The predicted octanol–water partition coefficient (Wildman–Crippen LogP) is 5.59. The molecule has 180 valence electrons. The monoisotopic (exact) mass is 549 g/mol. The van der Waals surface area contributed by atoms with Crippen molar-refractivity contribution in [2.75, 3.05) is 20.3 Å². The number of ether oxygens (including phenoxy) is 2. The molecule has 2 heterocycles. The second kappa shape index (κ2) is 9.60. The quantitative estimate of drug-likeness (QED) is 0.386. The van der Waals surface area contributed by atoms with Crippen LogP contribution >= 0.6 is 27.5 Å². The van der Waals surface area contributed by atoms with Crippen LogP contribution in [0.2, 0.25) is 5.02 Å². The topological polar surface area (TPSA) is 89.2 Å². The van der Waals surface area contributed by atoms with E-state index in [0.29, 0.717) is 45.6 Å². The Morgan fingerprint density at radius 3 is 2.65 bits per heavy atom. The summed E-state index contributed by atoms with van der Waals surface area (Å²) < 4.78 is 17.3. The van der Waals surface area contributed by atoms with Crippen LogP contribution in [0, 0.1) is 6.92 Å². The summed E-state index contributed by atoms with van der Waals surface area (Å²) in [6.45, 7) is 6.51. The molecule has 0 saturated heterocycles. The van der Waals surface area contributed by atoms with Gasteiger partial charge >= 0.3 is 0 Å². The van der Waals surface area contributed by atoms with Gasteiger partial charge in [0.25, 0.3) is 5.91 Å². The minimum Gasteiger partial charge on any atom is -0.503 e. The summed E-state index contributed by atoms with van der Waals surface area (Å²) in [5, 5.41) is 11.0. The summed E-state index contributed by atoms with van der Waals surface area (Å²) in [6, 6.07) is 5.81. The summed E-state index contributed by atoms with van der Waals surface area (Å²) in [6.07, 6.45) is 0.643. The van der Waals surface area contributed by atoms with Crippen LogP contribution in [0.1, 0.15) is 53.6 Å². The van der Waals surface area contributed by atoms with Gasteiger partial charge in [-0.1, -0.05) is 11.6 Å². The first kappa shape index (κ1) is 24.6. The molecule has 1 amide bonds. The van der Waals surface area contributed by atoms with Crippen molar-refractivity contribution in [2.24, 2.45) is 0 Å². The molecule has 1 unspecified atom stereocenters. The number of phenols is 1. The lowest BCUT2D eigenvalue weighted by Gasteiger charge is -2.26. The number of benzene rings is 2. The van der Waals surface area contributed by atoms with E-state index in [1.807, 2.05) is 13.8 Å². The molecule has 4 rings (SSSR count). The zero-order chi connectivity index (χ0) is 24.7. The van der Waals surface area contributed by atoms with E-state index in [2.05, 4.69) is 15.9 Å². The predicted molar refractivity (Wildman–Crippen MR) is 133 cm³/mol.